The molecule has 0 aromatic carbocycles. The molecule has 1 saturated heterocycles. The molecule has 4 nitrogen and oxygen atoms in total. The summed E-state index contributed by atoms with van der Waals surface area (Å²) in [6.07, 6.45) is 7.16. The predicted octanol–water partition coefficient (Wildman–Crippen LogP) is 2.30. The molecule has 2 heterocycles. The van der Waals surface area contributed by atoms with Gasteiger partial charge in [0.2, 0.25) is 5.91 Å². The molecule has 5 heteroatoms. The summed E-state index contributed by atoms with van der Waals surface area (Å²) < 4.78 is 1.95. The highest BCUT2D eigenvalue weighted by Gasteiger charge is 2.28. The van der Waals surface area contributed by atoms with E-state index in [1.807, 2.05) is 17.8 Å². The van der Waals surface area contributed by atoms with Crippen LogP contribution in [0.2, 0.25) is 0 Å². The number of likely N-dealkylation sites (tertiary alicyclic amines) is 1. The van der Waals surface area contributed by atoms with E-state index in [2.05, 4.69) is 23.7 Å². The molecule has 0 aliphatic carbocycles. The molecule has 1 fully saturated rings. The third-order valence-electron chi connectivity index (χ3n) is 3.58. The zero-order chi connectivity index (χ0) is 13.1. The van der Waals surface area contributed by atoms with Gasteiger partial charge in [0.05, 0.1) is 5.75 Å². The summed E-state index contributed by atoms with van der Waals surface area (Å²) >= 11 is 1.52. The molecule has 1 aliphatic heterocycles. The van der Waals surface area contributed by atoms with Crippen LogP contribution in [0.15, 0.2) is 17.6 Å². The summed E-state index contributed by atoms with van der Waals surface area (Å²) in [5.74, 6) is 0.724. The average molecular weight is 267 g/mol. The lowest BCUT2D eigenvalue weighted by atomic mass is 9.98. The first-order valence-electron chi connectivity index (χ1n) is 6.51. The summed E-state index contributed by atoms with van der Waals surface area (Å²) in [5.41, 5.74) is 0. The molecule has 0 unspecified atom stereocenters. The highest BCUT2D eigenvalue weighted by Crippen LogP contribution is 2.24. The summed E-state index contributed by atoms with van der Waals surface area (Å²) in [6, 6.07) is 0.756. The van der Waals surface area contributed by atoms with Crippen molar-refractivity contribution in [3.63, 3.8) is 0 Å². The van der Waals surface area contributed by atoms with E-state index in [4.69, 9.17) is 0 Å². The maximum atomic E-state index is 12.3. The average Bonchev–Trinajstić information content (AvgIpc) is 2.72. The highest BCUT2D eigenvalue weighted by molar-refractivity contribution is 7.99. The van der Waals surface area contributed by atoms with E-state index in [9.17, 15) is 4.79 Å². The van der Waals surface area contributed by atoms with Gasteiger partial charge in [-0.1, -0.05) is 11.8 Å². The number of amides is 1. The smallest absolute Gasteiger partial charge is 0.233 e. The molecule has 1 aromatic rings. The van der Waals surface area contributed by atoms with Crippen LogP contribution >= 0.6 is 11.8 Å². The molecule has 1 amide bonds. The number of nitrogens with zero attached hydrogens (tertiary/aromatic N) is 3. The standard InChI is InChI=1S/C13H21N3OS/c1-10-5-4-6-11(2)16(10)12(17)9-18-13-14-7-8-15(13)3/h7-8,10-11H,4-6,9H2,1-3H3/t10-,11-/m0/s1. The Labute approximate surface area is 113 Å². The first-order chi connectivity index (χ1) is 8.59. The van der Waals surface area contributed by atoms with E-state index in [1.165, 1.54) is 18.2 Å². The van der Waals surface area contributed by atoms with Gasteiger partial charge in [-0.15, -0.1) is 0 Å². The Kier molecular flexibility index (Phi) is 4.32. The number of thioether (sulfide) groups is 1. The molecule has 100 valence electrons. The van der Waals surface area contributed by atoms with Gasteiger partial charge in [-0.3, -0.25) is 4.79 Å². The van der Waals surface area contributed by atoms with E-state index in [0.29, 0.717) is 17.8 Å². The maximum Gasteiger partial charge on any atom is 0.233 e. The lowest BCUT2D eigenvalue weighted by Crippen LogP contribution is -2.48. The third-order valence-corrected chi connectivity index (χ3v) is 4.63. The first-order valence-corrected chi connectivity index (χ1v) is 7.49. The molecule has 1 aromatic heterocycles. The predicted molar refractivity (Wildman–Crippen MR) is 73.6 cm³/mol. The fourth-order valence-corrected chi connectivity index (χ4v) is 3.41. The van der Waals surface area contributed by atoms with Crippen molar-refractivity contribution in [2.75, 3.05) is 5.75 Å². The van der Waals surface area contributed by atoms with E-state index in [0.717, 1.165) is 18.0 Å². The topological polar surface area (TPSA) is 38.1 Å². The van der Waals surface area contributed by atoms with Crippen LogP contribution in [0.3, 0.4) is 0 Å². The SMILES string of the molecule is C[C@H]1CCC[C@H](C)N1C(=O)CSc1nccn1C. The van der Waals surface area contributed by atoms with Crippen LogP contribution < -0.4 is 0 Å². The summed E-state index contributed by atoms with van der Waals surface area (Å²) in [5, 5.41) is 0.903. The minimum Gasteiger partial charge on any atom is -0.337 e. The number of hydrogen-bond acceptors (Lipinski definition) is 3. The molecule has 2 rings (SSSR count). The van der Waals surface area contributed by atoms with E-state index >= 15 is 0 Å². The Morgan fingerprint density at radius 1 is 1.44 bits per heavy atom. The van der Waals surface area contributed by atoms with Crippen molar-refractivity contribution in [3.8, 4) is 0 Å². The third kappa shape index (κ3) is 2.88. The lowest BCUT2D eigenvalue weighted by molar-refractivity contribution is -0.134. The Morgan fingerprint density at radius 2 is 2.11 bits per heavy atom. The summed E-state index contributed by atoms with van der Waals surface area (Å²) in [6.45, 7) is 4.30. The van der Waals surface area contributed by atoms with E-state index < -0.39 is 0 Å². The van der Waals surface area contributed by atoms with Gasteiger partial charge < -0.3 is 9.47 Å². The van der Waals surface area contributed by atoms with Crippen molar-refractivity contribution in [2.24, 2.45) is 7.05 Å². The second kappa shape index (κ2) is 5.78. The molecule has 0 radical (unpaired) electrons. The first kappa shape index (κ1) is 13.5. The number of hydrogen-bond donors (Lipinski definition) is 0. The lowest BCUT2D eigenvalue weighted by Gasteiger charge is -2.39. The quantitative estimate of drug-likeness (QED) is 0.789. The fourth-order valence-electron chi connectivity index (χ4n) is 2.60. The number of aromatic nitrogens is 2. The zero-order valence-corrected chi connectivity index (χ0v) is 12.1. The monoisotopic (exact) mass is 267 g/mol. The largest absolute Gasteiger partial charge is 0.337 e. The molecular formula is C13H21N3OS. The number of aryl methyl sites for hydroxylation is 1. The molecule has 0 spiro atoms. The Morgan fingerprint density at radius 3 is 2.67 bits per heavy atom. The summed E-state index contributed by atoms with van der Waals surface area (Å²) in [7, 11) is 1.95. The minimum atomic E-state index is 0.239. The Bertz CT molecular complexity index is 408. The molecule has 1 aliphatic rings. The Balaban J connectivity index is 1.93. The maximum absolute atomic E-state index is 12.3. The summed E-state index contributed by atoms with van der Waals surface area (Å²) in [4.78, 5) is 18.6. The van der Waals surface area contributed by atoms with Gasteiger partial charge in [0, 0.05) is 31.5 Å². The normalized spacial score (nSPS) is 24.3. The van der Waals surface area contributed by atoms with Crippen molar-refractivity contribution < 1.29 is 4.79 Å². The second-order valence-electron chi connectivity index (χ2n) is 5.04. The van der Waals surface area contributed by atoms with Crippen molar-refractivity contribution in [3.05, 3.63) is 12.4 Å². The number of carbonyl (C=O) groups excluding carboxylic acids is 1. The van der Waals surface area contributed by atoms with E-state index in [1.54, 1.807) is 6.20 Å². The van der Waals surface area contributed by atoms with Crippen LogP contribution in [0, 0.1) is 0 Å². The molecular weight excluding hydrogens is 246 g/mol. The number of rotatable bonds is 3. The van der Waals surface area contributed by atoms with E-state index in [-0.39, 0.29) is 5.91 Å². The van der Waals surface area contributed by atoms with Crippen molar-refractivity contribution in [2.45, 2.75) is 50.4 Å². The van der Waals surface area contributed by atoms with Crippen LogP contribution in [0.25, 0.3) is 0 Å². The van der Waals surface area contributed by atoms with Gasteiger partial charge in [-0.05, 0) is 33.1 Å². The molecule has 0 N–H and O–H groups in total. The van der Waals surface area contributed by atoms with Crippen molar-refractivity contribution >= 4 is 17.7 Å². The van der Waals surface area contributed by atoms with Gasteiger partial charge in [-0.25, -0.2) is 4.98 Å². The van der Waals surface area contributed by atoms with Gasteiger partial charge in [0.15, 0.2) is 5.16 Å². The second-order valence-corrected chi connectivity index (χ2v) is 5.98. The Hall–Kier alpha value is -0.970. The fraction of sp³-hybridized carbons (Fsp3) is 0.692. The van der Waals surface area contributed by atoms with Crippen molar-refractivity contribution in [1.82, 2.24) is 14.5 Å². The van der Waals surface area contributed by atoms with Crippen molar-refractivity contribution in [1.29, 1.82) is 0 Å². The van der Waals surface area contributed by atoms with Crippen LogP contribution in [0.1, 0.15) is 33.1 Å². The van der Waals surface area contributed by atoms with Crippen LogP contribution in [0.5, 0.6) is 0 Å². The molecule has 0 bridgehead atoms. The number of piperidine rings is 1. The zero-order valence-electron chi connectivity index (χ0n) is 11.3. The van der Waals surface area contributed by atoms with Gasteiger partial charge in [0.1, 0.15) is 0 Å². The molecule has 18 heavy (non-hydrogen) atoms. The van der Waals surface area contributed by atoms with Crippen LogP contribution in [-0.2, 0) is 11.8 Å². The minimum absolute atomic E-state index is 0.239. The molecule has 2 atom stereocenters. The van der Waals surface area contributed by atoms with Crippen LogP contribution in [-0.4, -0.2) is 38.2 Å². The highest BCUT2D eigenvalue weighted by atomic mass is 32.2. The van der Waals surface area contributed by atoms with Gasteiger partial charge in [0.25, 0.3) is 0 Å². The van der Waals surface area contributed by atoms with Gasteiger partial charge in [-0.2, -0.15) is 0 Å². The van der Waals surface area contributed by atoms with Gasteiger partial charge >= 0.3 is 0 Å². The van der Waals surface area contributed by atoms with Crippen LogP contribution in [0.4, 0.5) is 0 Å². The number of carbonyl (C=O) groups is 1. The number of imidazole rings is 1. The molecule has 0 saturated carbocycles.